The standard InChI is InChI=1S/C27H20BrFN2S2/c1-16-6-8-21(12-17(16)2)33-31-24-9-7-20(29)14-23(24)26(22-10-11-32-25(22)15-30)27(31)18-4-3-5-19(28)13-18/h3-11,13-14,17H,12H2,1-2H3. The molecule has 1 atom stereocenters. The van der Waals surface area contributed by atoms with E-state index in [2.05, 4.69) is 64.1 Å². The molecule has 0 bridgehead atoms. The van der Waals surface area contributed by atoms with Gasteiger partial charge >= 0.3 is 0 Å². The number of hydrogen-bond donors (Lipinski definition) is 0. The number of thiophene rings is 1. The molecular weight excluding hydrogens is 515 g/mol. The average molecular weight is 536 g/mol. The smallest absolute Gasteiger partial charge is 0.123 e. The Morgan fingerprint density at radius 2 is 2.03 bits per heavy atom. The highest BCUT2D eigenvalue weighted by Gasteiger charge is 2.25. The van der Waals surface area contributed by atoms with Gasteiger partial charge in [0.2, 0.25) is 0 Å². The van der Waals surface area contributed by atoms with Gasteiger partial charge in [0, 0.05) is 31.5 Å². The van der Waals surface area contributed by atoms with Crippen molar-refractivity contribution in [2.75, 3.05) is 0 Å². The molecule has 2 aromatic heterocycles. The summed E-state index contributed by atoms with van der Waals surface area (Å²) in [5.74, 6) is 0.192. The van der Waals surface area contributed by atoms with Crippen molar-refractivity contribution in [1.29, 1.82) is 5.26 Å². The Bertz CT molecular complexity index is 1490. The number of allylic oxidation sites excluding steroid dienone is 4. The Labute approximate surface area is 209 Å². The van der Waals surface area contributed by atoms with Crippen molar-refractivity contribution in [2.24, 2.45) is 5.92 Å². The van der Waals surface area contributed by atoms with Gasteiger partial charge in [0.1, 0.15) is 16.8 Å². The van der Waals surface area contributed by atoms with E-state index in [0.717, 1.165) is 44.2 Å². The summed E-state index contributed by atoms with van der Waals surface area (Å²) in [5.41, 5.74) is 6.02. The van der Waals surface area contributed by atoms with E-state index in [0.29, 0.717) is 10.8 Å². The molecule has 164 valence electrons. The lowest BCUT2D eigenvalue weighted by Gasteiger charge is -2.20. The molecule has 5 rings (SSSR count). The number of nitrogens with zero attached hydrogens (tertiary/aromatic N) is 2. The van der Waals surface area contributed by atoms with Crippen LogP contribution >= 0.6 is 39.2 Å². The minimum Gasteiger partial charge on any atom is -0.279 e. The van der Waals surface area contributed by atoms with Gasteiger partial charge in [-0.15, -0.1) is 11.3 Å². The van der Waals surface area contributed by atoms with Gasteiger partial charge in [-0.2, -0.15) is 5.26 Å². The van der Waals surface area contributed by atoms with E-state index < -0.39 is 0 Å². The van der Waals surface area contributed by atoms with Gasteiger partial charge in [0.05, 0.1) is 11.2 Å². The van der Waals surface area contributed by atoms with E-state index >= 15 is 0 Å². The largest absolute Gasteiger partial charge is 0.279 e. The Morgan fingerprint density at radius 1 is 1.18 bits per heavy atom. The summed E-state index contributed by atoms with van der Waals surface area (Å²) in [6, 6.07) is 17.4. The summed E-state index contributed by atoms with van der Waals surface area (Å²) in [7, 11) is 0. The van der Waals surface area contributed by atoms with Gasteiger partial charge in [-0.1, -0.05) is 52.7 Å². The first kappa shape index (κ1) is 22.2. The van der Waals surface area contributed by atoms with Crippen molar-refractivity contribution in [3.8, 4) is 28.5 Å². The first-order valence-corrected chi connectivity index (χ1v) is 13.0. The second-order valence-electron chi connectivity index (χ2n) is 8.21. The molecule has 0 saturated heterocycles. The quantitative estimate of drug-likeness (QED) is 0.261. The molecule has 2 aromatic carbocycles. The number of benzene rings is 2. The van der Waals surface area contributed by atoms with E-state index in [4.69, 9.17) is 0 Å². The monoisotopic (exact) mass is 534 g/mol. The summed E-state index contributed by atoms with van der Waals surface area (Å²) in [6.45, 7) is 4.41. The van der Waals surface area contributed by atoms with Crippen LogP contribution in [0.25, 0.3) is 33.3 Å². The Hall–Kier alpha value is -2.59. The molecule has 0 N–H and O–H groups in total. The third-order valence-corrected chi connectivity index (χ3v) is 8.46. The fourth-order valence-electron chi connectivity index (χ4n) is 4.20. The number of nitriles is 1. The maximum atomic E-state index is 14.5. The molecule has 1 unspecified atom stereocenters. The Balaban J connectivity index is 1.84. The second-order valence-corrected chi connectivity index (χ2v) is 11.1. The molecule has 2 nitrogen and oxygen atoms in total. The highest BCUT2D eigenvalue weighted by atomic mass is 79.9. The van der Waals surface area contributed by atoms with Crippen LogP contribution < -0.4 is 0 Å². The fraction of sp³-hybridized carbons (Fsp3) is 0.148. The third kappa shape index (κ3) is 4.10. The minimum absolute atomic E-state index is 0.288. The van der Waals surface area contributed by atoms with Crippen LogP contribution in [0, 0.1) is 23.1 Å². The van der Waals surface area contributed by atoms with Crippen LogP contribution in [0.5, 0.6) is 0 Å². The van der Waals surface area contributed by atoms with Gasteiger partial charge < -0.3 is 0 Å². The molecule has 0 aliphatic heterocycles. The van der Waals surface area contributed by atoms with Crippen molar-refractivity contribution < 1.29 is 4.39 Å². The van der Waals surface area contributed by atoms with Crippen molar-refractivity contribution in [1.82, 2.24) is 3.97 Å². The molecule has 0 amide bonds. The van der Waals surface area contributed by atoms with Gasteiger partial charge in [-0.25, -0.2) is 4.39 Å². The van der Waals surface area contributed by atoms with Gasteiger partial charge in [0.25, 0.3) is 0 Å². The van der Waals surface area contributed by atoms with E-state index in [1.807, 2.05) is 29.6 Å². The molecule has 0 fully saturated rings. The average Bonchev–Trinajstić information content (AvgIpc) is 3.38. The van der Waals surface area contributed by atoms with Crippen LogP contribution in [-0.2, 0) is 0 Å². The lowest BCUT2D eigenvalue weighted by Crippen LogP contribution is -2.03. The summed E-state index contributed by atoms with van der Waals surface area (Å²) in [4.78, 5) is 1.88. The van der Waals surface area contributed by atoms with Crippen LogP contribution in [0.1, 0.15) is 25.1 Å². The Morgan fingerprint density at radius 3 is 2.79 bits per heavy atom. The first-order chi connectivity index (χ1) is 16.0. The Kier molecular flexibility index (Phi) is 6.05. The number of aromatic nitrogens is 1. The zero-order valence-electron chi connectivity index (χ0n) is 18.1. The molecule has 2 heterocycles. The topological polar surface area (TPSA) is 28.7 Å². The molecule has 0 radical (unpaired) electrons. The first-order valence-electron chi connectivity index (χ1n) is 10.6. The van der Waals surface area contributed by atoms with Crippen molar-refractivity contribution in [2.45, 2.75) is 20.3 Å². The third-order valence-electron chi connectivity index (χ3n) is 6.05. The lowest BCUT2D eigenvalue weighted by atomic mass is 9.95. The normalized spacial score (nSPS) is 15.9. The predicted octanol–water partition coefficient (Wildman–Crippen LogP) is 9.18. The predicted molar refractivity (Wildman–Crippen MR) is 142 cm³/mol. The fourth-order valence-corrected chi connectivity index (χ4v) is 6.52. The summed E-state index contributed by atoms with van der Waals surface area (Å²) in [6.07, 6.45) is 5.34. The van der Waals surface area contributed by atoms with E-state index in [9.17, 15) is 9.65 Å². The van der Waals surface area contributed by atoms with E-state index in [1.165, 1.54) is 27.9 Å². The number of hydrogen-bond acceptors (Lipinski definition) is 3. The van der Waals surface area contributed by atoms with E-state index in [1.54, 1.807) is 18.0 Å². The second kappa shape index (κ2) is 8.98. The molecule has 0 saturated carbocycles. The van der Waals surface area contributed by atoms with Crippen molar-refractivity contribution in [3.05, 3.63) is 91.7 Å². The molecule has 1 aliphatic carbocycles. The maximum Gasteiger partial charge on any atom is 0.123 e. The molecule has 1 aliphatic rings. The molecule has 6 heteroatoms. The summed E-state index contributed by atoms with van der Waals surface area (Å²) >= 11 is 6.70. The maximum absolute atomic E-state index is 14.5. The van der Waals surface area contributed by atoms with Gasteiger partial charge in [-0.3, -0.25) is 3.97 Å². The number of halogens is 2. The minimum atomic E-state index is -0.288. The van der Waals surface area contributed by atoms with Gasteiger partial charge in [-0.05, 0) is 73.0 Å². The zero-order chi connectivity index (χ0) is 23.1. The lowest BCUT2D eigenvalue weighted by molar-refractivity contribution is 0.629. The van der Waals surface area contributed by atoms with Gasteiger partial charge in [0.15, 0.2) is 0 Å². The van der Waals surface area contributed by atoms with Crippen LogP contribution in [-0.4, -0.2) is 3.97 Å². The SMILES string of the molecule is CC1=CC=C(Sn2c(-c3cccc(Br)c3)c(-c3ccsc3C#N)c3cc(F)ccc32)CC1C. The van der Waals surface area contributed by atoms with E-state index in [-0.39, 0.29) is 5.82 Å². The molecule has 4 aromatic rings. The summed E-state index contributed by atoms with van der Waals surface area (Å²) in [5, 5.41) is 12.5. The highest BCUT2D eigenvalue weighted by molar-refractivity contribution is 9.10. The zero-order valence-corrected chi connectivity index (χ0v) is 21.3. The highest BCUT2D eigenvalue weighted by Crippen LogP contribution is 2.47. The van der Waals surface area contributed by atoms with Crippen molar-refractivity contribution >= 4 is 50.1 Å². The van der Waals surface area contributed by atoms with Crippen molar-refractivity contribution in [3.63, 3.8) is 0 Å². The molecular formula is C27H20BrFN2S2. The van der Waals surface area contributed by atoms with Crippen LogP contribution in [0.4, 0.5) is 4.39 Å². The van der Waals surface area contributed by atoms with Crippen LogP contribution in [0.3, 0.4) is 0 Å². The number of rotatable bonds is 4. The molecule has 0 spiro atoms. The summed E-state index contributed by atoms with van der Waals surface area (Å²) < 4.78 is 17.7. The molecule has 33 heavy (non-hydrogen) atoms. The van der Waals surface area contributed by atoms with Crippen LogP contribution in [0.2, 0.25) is 0 Å². The number of fused-ring (bicyclic) bond motifs is 1. The van der Waals surface area contributed by atoms with Crippen LogP contribution in [0.15, 0.2) is 81.0 Å².